The monoisotopic (exact) mass is 181 g/mol. The van der Waals surface area contributed by atoms with Gasteiger partial charge in [0.1, 0.15) is 19.0 Å². The second kappa shape index (κ2) is 2.80. The normalized spacial score (nSPS) is 14.3. The lowest BCUT2D eigenvalue weighted by molar-refractivity contribution is 0.162. The van der Waals surface area contributed by atoms with Crippen LogP contribution in [0.25, 0.3) is 0 Å². The highest BCUT2D eigenvalue weighted by Crippen LogP contribution is 2.37. The van der Waals surface area contributed by atoms with Gasteiger partial charge in [0.15, 0.2) is 5.75 Å². The Morgan fingerprint density at radius 3 is 2.69 bits per heavy atom. The summed E-state index contributed by atoms with van der Waals surface area (Å²) in [7, 11) is 0. The Labute approximate surface area is 76.1 Å². The van der Waals surface area contributed by atoms with Gasteiger partial charge in [-0.15, -0.1) is 0 Å². The zero-order chi connectivity index (χ0) is 9.42. The van der Waals surface area contributed by atoms with Gasteiger partial charge in [-0.05, 0) is 13.8 Å². The molecule has 0 amide bonds. The van der Waals surface area contributed by atoms with Crippen LogP contribution in [0.1, 0.15) is 11.3 Å². The Morgan fingerprint density at radius 2 is 1.92 bits per heavy atom. The summed E-state index contributed by atoms with van der Waals surface area (Å²) in [6.07, 6.45) is 0. The second-order valence-electron chi connectivity index (χ2n) is 3.00. The van der Waals surface area contributed by atoms with Crippen molar-refractivity contribution in [3.05, 3.63) is 11.3 Å². The van der Waals surface area contributed by atoms with E-state index in [2.05, 4.69) is 4.98 Å². The van der Waals surface area contributed by atoms with Crippen molar-refractivity contribution in [2.24, 2.45) is 0 Å². The maximum Gasteiger partial charge on any atom is 0.257 e. The van der Waals surface area contributed by atoms with Crippen molar-refractivity contribution in [1.29, 1.82) is 0 Å². The molecule has 0 saturated carbocycles. The van der Waals surface area contributed by atoms with E-state index in [1.807, 2.05) is 0 Å². The standard InChI is InChI=1S/C9H11NO3/c1-5-7(11)6(2)10-9-8(5)12-3-4-13-9/h11H,3-4H2,1-2H3. The Morgan fingerprint density at radius 1 is 1.23 bits per heavy atom. The van der Waals surface area contributed by atoms with Crippen molar-refractivity contribution in [2.45, 2.75) is 13.8 Å². The number of aryl methyl sites for hydroxylation is 1. The molecule has 13 heavy (non-hydrogen) atoms. The lowest BCUT2D eigenvalue weighted by Crippen LogP contribution is -2.17. The van der Waals surface area contributed by atoms with E-state index in [0.29, 0.717) is 36.1 Å². The predicted molar refractivity (Wildman–Crippen MR) is 46.4 cm³/mol. The molecule has 1 aromatic heterocycles. The van der Waals surface area contributed by atoms with Crippen molar-refractivity contribution < 1.29 is 14.6 Å². The summed E-state index contributed by atoms with van der Waals surface area (Å²) in [5.74, 6) is 1.23. The first-order valence-corrected chi connectivity index (χ1v) is 4.16. The predicted octanol–water partition coefficient (Wildman–Crippen LogP) is 1.18. The van der Waals surface area contributed by atoms with E-state index in [1.165, 1.54) is 0 Å². The minimum atomic E-state index is 0.184. The highest BCUT2D eigenvalue weighted by Gasteiger charge is 2.19. The van der Waals surface area contributed by atoms with Gasteiger partial charge in [0.05, 0.1) is 5.69 Å². The van der Waals surface area contributed by atoms with E-state index in [0.717, 1.165) is 0 Å². The molecular weight excluding hydrogens is 170 g/mol. The molecule has 0 fully saturated rings. The van der Waals surface area contributed by atoms with Crippen molar-refractivity contribution in [3.8, 4) is 17.4 Å². The van der Waals surface area contributed by atoms with Gasteiger partial charge in [0.2, 0.25) is 0 Å². The molecule has 0 atom stereocenters. The third kappa shape index (κ3) is 1.18. The van der Waals surface area contributed by atoms with E-state index >= 15 is 0 Å². The van der Waals surface area contributed by atoms with Gasteiger partial charge in [-0.2, -0.15) is 0 Å². The summed E-state index contributed by atoms with van der Waals surface area (Å²) in [5, 5.41) is 9.56. The van der Waals surface area contributed by atoms with Gasteiger partial charge < -0.3 is 14.6 Å². The molecule has 0 bridgehead atoms. The number of hydrogen-bond acceptors (Lipinski definition) is 4. The van der Waals surface area contributed by atoms with Crippen molar-refractivity contribution in [1.82, 2.24) is 4.98 Å². The van der Waals surface area contributed by atoms with Gasteiger partial charge >= 0.3 is 0 Å². The van der Waals surface area contributed by atoms with Gasteiger partial charge in [-0.3, -0.25) is 0 Å². The third-order valence-corrected chi connectivity index (χ3v) is 2.07. The van der Waals surface area contributed by atoms with Crippen LogP contribution in [0.5, 0.6) is 17.4 Å². The molecule has 1 N–H and O–H groups in total. The van der Waals surface area contributed by atoms with E-state index in [-0.39, 0.29) is 5.75 Å². The Kier molecular flexibility index (Phi) is 1.76. The average Bonchev–Trinajstić information content (AvgIpc) is 2.15. The fraction of sp³-hybridized carbons (Fsp3) is 0.444. The summed E-state index contributed by atoms with van der Waals surface area (Å²) < 4.78 is 10.6. The van der Waals surface area contributed by atoms with Crippen LogP contribution in [0.2, 0.25) is 0 Å². The molecule has 70 valence electrons. The van der Waals surface area contributed by atoms with Crippen LogP contribution in [0.15, 0.2) is 0 Å². The minimum absolute atomic E-state index is 0.184. The van der Waals surface area contributed by atoms with Gasteiger partial charge in [-0.25, -0.2) is 4.98 Å². The number of aromatic nitrogens is 1. The van der Waals surface area contributed by atoms with Crippen LogP contribution >= 0.6 is 0 Å². The molecule has 1 aromatic rings. The number of rotatable bonds is 0. The van der Waals surface area contributed by atoms with E-state index in [1.54, 1.807) is 13.8 Å². The van der Waals surface area contributed by atoms with E-state index in [9.17, 15) is 5.11 Å². The molecule has 4 nitrogen and oxygen atoms in total. The largest absolute Gasteiger partial charge is 0.506 e. The molecule has 2 rings (SSSR count). The minimum Gasteiger partial charge on any atom is -0.506 e. The first kappa shape index (κ1) is 8.16. The molecule has 4 heteroatoms. The molecule has 1 aliphatic rings. The van der Waals surface area contributed by atoms with Crippen LogP contribution in [0, 0.1) is 13.8 Å². The van der Waals surface area contributed by atoms with Gasteiger partial charge in [-0.1, -0.05) is 0 Å². The number of pyridine rings is 1. The lowest BCUT2D eigenvalue weighted by Gasteiger charge is -2.20. The molecule has 2 heterocycles. The van der Waals surface area contributed by atoms with Crippen molar-refractivity contribution in [2.75, 3.05) is 13.2 Å². The second-order valence-corrected chi connectivity index (χ2v) is 3.00. The Balaban J connectivity index is 2.60. The zero-order valence-electron chi connectivity index (χ0n) is 7.63. The maximum absolute atomic E-state index is 9.56. The van der Waals surface area contributed by atoms with Crippen molar-refractivity contribution in [3.63, 3.8) is 0 Å². The summed E-state index contributed by atoms with van der Waals surface area (Å²) in [6.45, 7) is 4.56. The Hall–Kier alpha value is -1.45. The third-order valence-electron chi connectivity index (χ3n) is 2.07. The van der Waals surface area contributed by atoms with E-state index in [4.69, 9.17) is 9.47 Å². The fourth-order valence-electron chi connectivity index (χ4n) is 1.35. The Bertz CT molecular complexity index is 349. The number of fused-ring (bicyclic) bond motifs is 1. The van der Waals surface area contributed by atoms with Gasteiger partial charge in [0, 0.05) is 5.56 Å². The van der Waals surface area contributed by atoms with E-state index < -0.39 is 0 Å². The number of aromatic hydroxyl groups is 1. The highest BCUT2D eigenvalue weighted by atomic mass is 16.6. The average molecular weight is 181 g/mol. The summed E-state index contributed by atoms with van der Waals surface area (Å²) in [5.41, 5.74) is 1.27. The molecule has 0 radical (unpaired) electrons. The van der Waals surface area contributed by atoms with Crippen LogP contribution < -0.4 is 9.47 Å². The van der Waals surface area contributed by atoms with Crippen molar-refractivity contribution >= 4 is 0 Å². The quantitative estimate of drug-likeness (QED) is 0.652. The van der Waals surface area contributed by atoms with Crippen LogP contribution in [0.4, 0.5) is 0 Å². The first-order chi connectivity index (χ1) is 6.20. The van der Waals surface area contributed by atoms with Gasteiger partial charge in [0.25, 0.3) is 5.88 Å². The number of ether oxygens (including phenoxy) is 2. The van der Waals surface area contributed by atoms with Crippen LogP contribution in [-0.2, 0) is 0 Å². The molecule has 0 unspecified atom stereocenters. The molecule has 0 saturated heterocycles. The fourth-order valence-corrected chi connectivity index (χ4v) is 1.35. The number of hydrogen-bond donors (Lipinski definition) is 1. The maximum atomic E-state index is 9.56. The highest BCUT2D eigenvalue weighted by molar-refractivity contribution is 5.51. The summed E-state index contributed by atoms with van der Waals surface area (Å²) in [6, 6.07) is 0. The first-order valence-electron chi connectivity index (χ1n) is 4.16. The van der Waals surface area contributed by atoms with Crippen LogP contribution in [-0.4, -0.2) is 23.3 Å². The van der Waals surface area contributed by atoms with Crippen LogP contribution in [0.3, 0.4) is 0 Å². The SMILES string of the molecule is Cc1nc2c(c(C)c1O)OCCO2. The lowest BCUT2D eigenvalue weighted by atomic mass is 10.2. The summed E-state index contributed by atoms with van der Waals surface area (Å²) >= 11 is 0. The smallest absolute Gasteiger partial charge is 0.257 e. The molecule has 0 aliphatic carbocycles. The number of nitrogens with zero attached hydrogens (tertiary/aromatic N) is 1. The summed E-state index contributed by atoms with van der Waals surface area (Å²) in [4.78, 5) is 4.08. The molecule has 1 aliphatic heterocycles. The molecule has 0 spiro atoms. The topological polar surface area (TPSA) is 51.6 Å². The molecular formula is C9H11NO3. The molecule has 0 aromatic carbocycles. The zero-order valence-corrected chi connectivity index (χ0v) is 7.63.